The van der Waals surface area contributed by atoms with Gasteiger partial charge in [-0.15, -0.1) is 10.3 Å². The number of rotatable bonds is 0. The summed E-state index contributed by atoms with van der Waals surface area (Å²) in [5, 5.41) is 18.9. The van der Waals surface area contributed by atoms with Crippen LogP contribution in [0.2, 0.25) is 0 Å². The molecule has 4 aromatic rings. The molecule has 1 radical (unpaired) electrons. The number of hydrogen-bond acceptors (Lipinski definition) is 1. The fraction of sp³-hybridized carbons (Fsp3) is 0.214. The molecule has 0 atom stereocenters. The highest BCUT2D eigenvalue weighted by atomic mass is 16.5. The Bertz CT molecular complexity index is 1370. The highest BCUT2D eigenvalue weighted by Crippen LogP contribution is 2.48. The van der Waals surface area contributed by atoms with Crippen molar-refractivity contribution >= 4 is 21.5 Å². The van der Waals surface area contributed by atoms with E-state index in [4.69, 9.17) is 0 Å². The lowest BCUT2D eigenvalue weighted by Crippen LogP contribution is -2.41. The number of hydroxylamine groups is 2. The second kappa shape index (κ2) is 6.44. The van der Waals surface area contributed by atoms with Crippen molar-refractivity contribution in [1.29, 1.82) is 0 Å². The summed E-state index contributed by atoms with van der Waals surface area (Å²) in [6.45, 7) is 7.95. The van der Waals surface area contributed by atoms with E-state index in [2.05, 4.69) is 78.6 Å². The maximum absolute atomic E-state index is 12.8. The number of hydrogen-bond donors (Lipinski definition) is 0. The lowest BCUT2D eigenvalue weighted by Gasteiger charge is -2.32. The summed E-state index contributed by atoms with van der Waals surface area (Å²) in [4.78, 5) is 0. The fourth-order valence-electron chi connectivity index (χ4n) is 4.88. The van der Waals surface area contributed by atoms with Crippen molar-refractivity contribution in [3.63, 3.8) is 0 Å². The molecule has 4 aromatic carbocycles. The van der Waals surface area contributed by atoms with Gasteiger partial charge in [-0.3, -0.25) is 0 Å². The molecule has 1 aliphatic rings. The molecule has 0 unspecified atom stereocenters. The molecular formula is C28H24NO. The van der Waals surface area contributed by atoms with Gasteiger partial charge in [-0.1, -0.05) is 66.4 Å². The Morgan fingerprint density at radius 1 is 0.667 bits per heavy atom. The van der Waals surface area contributed by atoms with E-state index in [-0.39, 0.29) is 0 Å². The first-order valence-electron chi connectivity index (χ1n) is 10.3. The van der Waals surface area contributed by atoms with E-state index in [0.29, 0.717) is 0 Å². The molecule has 5 rings (SSSR count). The number of fused-ring (bicyclic) bond motifs is 4. The van der Waals surface area contributed by atoms with Crippen LogP contribution in [0.5, 0.6) is 0 Å². The minimum atomic E-state index is -0.563. The van der Waals surface area contributed by atoms with E-state index in [1.165, 1.54) is 21.2 Å². The zero-order valence-corrected chi connectivity index (χ0v) is 17.8. The Morgan fingerprint density at radius 2 is 1.30 bits per heavy atom. The van der Waals surface area contributed by atoms with Gasteiger partial charge in [0.25, 0.3) is 0 Å². The quantitative estimate of drug-likeness (QED) is 0.247. The van der Waals surface area contributed by atoms with E-state index in [1.807, 2.05) is 33.8 Å². The third-order valence-electron chi connectivity index (χ3n) is 6.46. The van der Waals surface area contributed by atoms with Crippen LogP contribution in [0, 0.1) is 11.8 Å². The first-order valence-corrected chi connectivity index (χ1v) is 10.3. The Balaban J connectivity index is 1.65. The summed E-state index contributed by atoms with van der Waals surface area (Å²) in [6, 6.07) is 25.2. The van der Waals surface area contributed by atoms with Crippen molar-refractivity contribution < 1.29 is 5.21 Å². The first-order chi connectivity index (χ1) is 14.3. The maximum Gasteiger partial charge on any atom is 0.0699 e. The Labute approximate surface area is 177 Å². The lowest BCUT2D eigenvalue weighted by molar-refractivity contribution is -0.266. The minimum absolute atomic E-state index is 0.528. The predicted octanol–water partition coefficient (Wildman–Crippen LogP) is 6.52. The van der Waals surface area contributed by atoms with Crippen LogP contribution in [-0.4, -0.2) is 5.06 Å². The molecule has 2 nitrogen and oxygen atoms in total. The topological polar surface area (TPSA) is 23.1 Å². The van der Waals surface area contributed by atoms with E-state index in [0.717, 1.165) is 27.6 Å². The van der Waals surface area contributed by atoms with Gasteiger partial charge in [0.2, 0.25) is 0 Å². The van der Waals surface area contributed by atoms with Gasteiger partial charge in [-0.2, -0.15) is 0 Å². The van der Waals surface area contributed by atoms with Crippen molar-refractivity contribution in [2.24, 2.45) is 0 Å². The van der Waals surface area contributed by atoms with Gasteiger partial charge in [-0.05, 0) is 78.6 Å². The van der Waals surface area contributed by atoms with Gasteiger partial charge < -0.3 is 0 Å². The lowest BCUT2D eigenvalue weighted by atomic mass is 9.89. The Hall–Kier alpha value is -3.12. The molecule has 1 aliphatic heterocycles. The van der Waals surface area contributed by atoms with Gasteiger partial charge in [0, 0.05) is 11.1 Å². The van der Waals surface area contributed by atoms with Crippen LogP contribution in [0.1, 0.15) is 49.9 Å². The third kappa shape index (κ3) is 2.67. The smallest absolute Gasteiger partial charge is 0.0699 e. The average molecular weight is 391 g/mol. The molecule has 1 heterocycles. The van der Waals surface area contributed by atoms with Crippen molar-refractivity contribution in [2.75, 3.05) is 0 Å². The zero-order valence-electron chi connectivity index (χ0n) is 17.8. The predicted molar refractivity (Wildman–Crippen MR) is 122 cm³/mol. The summed E-state index contributed by atoms with van der Waals surface area (Å²) in [6.07, 6.45) is 0. The van der Waals surface area contributed by atoms with E-state index in [9.17, 15) is 5.21 Å². The zero-order chi connectivity index (χ0) is 21.1. The first kappa shape index (κ1) is 18.9. The van der Waals surface area contributed by atoms with Gasteiger partial charge in [0.05, 0.1) is 11.1 Å². The summed E-state index contributed by atoms with van der Waals surface area (Å²) >= 11 is 0. The summed E-state index contributed by atoms with van der Waals surface area (Å²) in [5.41, 5.74) is 3.02. The number of benzene rings is 4. The molecule has 0 saturated carbocycles. The molecule has 0 bridgehead atoms. The molecule has 0 spiro atoms. The number of nitrogens with zero attached hydrogens (tertiary/aromatic N) is 1. The van der Waals surface area contributed by atoms with Gasteiger partial charge in [-0.25, -0.2) is 0 Å². The standard InChI is InChI=1S/C28H24NO/c1-27(2)25-16-14-19(17-26(25)28(3,4)29(27)30)13-15-21-18-20-9-5-6-10-22(20)24-12-8-7-11-23(21)24/h5-12,14,16-18H,1-4H3. The molecule has 147 valence electrons. The molecular weight excluding hydrogens is 366 g/mol. The van der Waals surface area contributed by atoms with Crippen LogP contribution in [0.15, 0.2) is 72.8 Å². The van der Waals surface area contributed by atoms with Gasteiger partial charge >= 0.3 is 0 Å². The van der Waals surface area contributed by atoms with E-state index in [1.54, 1.807) is 0 Å². The Morgan fingerprint density at radius 3 is 2.07 bits per heavy atom. The second-order valence-electron chi connectivity index (χ2n) is 9.11. The average Bonchev–Trinajstić information content (AvgIpc) is 2.89. The van der Waals surface area contributed by atoms with Crippen LogP contribution in [0.25, 0.3) is 21.5 Å². The van der Waals surface area contributed by atoms with Crippen LogP contribution >= 0.6 is 0 Å². The Kier molecular flexibility index (Phi) is 4.05. The second-order valence-corrected chi connectivity index (χ2v) is 9.11. The molecule has 2 heteroatoms. The van der Waals surface area contributed by atoms with Crippen molar-refractivity contribution in [2.45, 2.75) is 38.8 Å². The minimum Gasteiger partial charge on any atom is -0.135 e. The maximum atomic E-state index is 12.8. The molecule has 0 N–H and O–H groups in total. The molecule has 0 aromatic heterocycles. The van der Waals surface area contributed by atoms with E-state index < -0.39 is 11.1 Å². The van der Waals surface area contributed by atoms with Crippen molar-refractivity contribution in [3.05, 3.63) is 95.1 Å². The van der Waals surface area contributed by atoms with Crippen LogP contribution in [0.4, 0.5) is 0 Å². The van der Waals surface area contributed by atoms with Crippen molar-refractivity contribution in [1.82, 2.24) is 5.06 Å². The van der Waals surface area contributed by atoms with Crippen LogP contribution in [-0.2, 0) is 16.3 Å². The van der Waals surface area contributed by atoms with E-state index >= 15 is 0 Å². The monoisotopic (exact) mass is 390 g/mol. The summed E-state index contributed by atoms with van der Waals surface area (Å²) in [7, 11) is 0. The molecule has 30 heavy (non-hydrogen) atoms. The molecule has 0 aliphatic carbocycles. The molecule has 0 fully saturated rings. The largest absolute Gasteiger partial charge is 0.135 e. The highest BCUT2D eigenvalue weighted by molar-refractivity contribution is 6.09. The summed E-state index contributed by atoms with van der Waals surface area (Å²) < 4.78 is 0. The normalized spacial score (nSPS) is 17.0. The van der Waals surface area contributed by atoms with Crippen molar-refractivity contribution in [3.8, 4) is 11.8 Å². The van der Waals surface area contributed by atoms with Gasteiger partial charge in [0.15, 0.2) is 0 Å². The molecule has 0 saturated heterocycles. The SMILES string of the molecule is CC1(C)c2ccc(C#Cc3cc4ccccc4c4ccccc34)cc2C(C)(C)N1[O]. The van der Waals surface area contributed by atoms with Crippen LogP contribution in [0.3, 0.4) is 0 Å². The van der Waals surface area contributed by atoms with Gasteiger partial charge in [0.1, 0.15) is 0 Å². The fourth-order valence-corrected chi connectivity index (χ4v) is 4.88. The highest BCUT2D eigenvalue weighted by Gasteiger charge is 2.49. The third-order valence-corrected chi connectivity index (χ3v) is 6.46. The molecule has 0 amide bonds. The van der Waals surface area contributed by atoms with Crippen LogP contribution < -0.4 is 0 Å². The summed E-state index contributed by atoms with van der Waals surface area (Å²) in [5.74, 6) is 6.76.